The SMILES string of the molecule is O=C1CC[C@H](N2Cc3cc(O[C@@H]4CCCC[C@H]4N4CC(c5ccccc5)C4)c(F)cc3C2=O)C(=O)N1. The third-order valence-corrected chi connectivity index (χ3v) is 8.17. The van der Waals surface area contributed by atoms with E-state index in [0.29, 0.717) is 11.5 Å². The van der Waals surface area contributed by atoms with Gasteiger partial charge in [0.05, 0.1) is 0 Å². The number of amides is 3. The summed E-state index contributed by atoms with van der Waals surface area (Å²) in [6.07, 6.45) is 4.44. The predicted octanol–water partition coefficient (Wildman–Crippen LogP) is 3.38. The lowest BCUT2D eigenvalue weighted by Gasteiger charge is -2.48. The average molecular weight is 492 g/mol. The molecule has 2 saturated heterocycles. The molecule has 0 aromatic heterocycles. The predicted molar refractivity (Wildman–Crippen MR) is 130 cm³/mol. The first-order valence-corrected chi connectivity index (χ1v) is 12.9. The molecule has 0 radical (unpaired) electrons. The van der Waals surface area contributed by atoms with Crippen LogP contribution in [0.25, 0.3) is 0 Å². The second-order valence-corrected chi connectivity index (χ2v) is 10.4. The van der Waals surface area contributed by atoms with E-state index in [1.54, 1.807) is 6.07 Å². The average Bonchev–Trinajstić information content (AvgIpc) is 3.15. The van der Waals surface area contributed by atoms with E-state index in [2.05, 4.69) is 34.5 Å². The van der Waals surface area contributed by atoms with Crippen LogP contribution < -0.4 is 10.1 Å². The van der Waals surface area contributed by atoms with Gasteiger partial charge >= 0.3 is 0 Å². The Bertz CT molecular complexity index is 1200. The summed E-state index contributed by atoms with van der Waals surface area (Å²) in [6, 6.07) is 12.9. The van der Waals surface area contributed by atoms with Crippen molar-refractivity contribution in [2.75, 3.05) is 13.1 Å². The number of carbonyl (C=O) groups excluding carboxylic acids is 3. The minimum atomic E-state index is -0.721. The van der Waals surface area contributed by atoms with Gasteiger partial charge in [0.2, 0.25) is 11.8 Å². The molecule has 1 N–H and O–H groups in total. The molecule has 7 nitrogen and oxygen atoms in total. The van der Waals surface area contributed by atoms with E-state index < -0.39 is 17.8 Å². The largest absolute Gasteiger partial charge is 0.486 e. The van der Waals surface area contributed by atoms with E-state index in [1.807, 2.05) is 6.07 Å². The lowest BCUT2D eigenvalue weighted by molar-refractivity contribution is -0.136. The molecule has 1 saturated carbocycles. The fourth-order valence-corrected chi connectivity index (χ4v) is 6.17. The lowest BCUT2D eigenvalue weighted by atomic mass is 9.84. The van der Waals surface area contributed by atoms with Gasteiger partial charge in [-0.05, 0) is 48.9 Å². The first kappa shape index (κ1) is 23.2. The maximum Gasteiger partial charge on any atom is 0.255 e. The van der Waals surface area contributed by atoms with Crippen molar-refractivity contribution < 1.29 is 23.5 Å². The lowest BCUT2D eigenvalue weighted by Crippen LogP contribution is -2.57. The van der Waals surface area contributed by atoms with Crippen molar-refractivity contribution in [1.29, 1.82) is 0 Å². The van der Waals surface area contributed by atoms with Gasteiger partial charge < -0.3 is 9.64 Å². The van der Waals surface area contributed by atoms with Crippen molar-refractivity contribution in [3.05, 3.63) is 65.0 Å². The van der Waals surface area contributed by atoms with Crippen LogP contribution in [-0.4, -0.2) is 58.8 Å². The Labute approximate surface area is 209 Å². The number of hydrogen-bond donors (Lipinski definition) is 1. The Morgan fingerprint density at radius 3 is 2.53 bits per heavy atom. The summed E-state index contributed by atoms with van der Waals surface area (Å²) >= 11 is 0. The molecule has 188 valence electrons. The molecule has 0 unspecified atom stereocenters. The normalized spacial score (nSPS) is 27.0. The van der Waals surface area contributed by atoms with Gasteiger partial charge in [-0.15, -0.1) is 0 Å². The summed E-state index contributed by atoms with van der Waals surface area (Å²) in [5, 5.41) is 2.30. The highest BCUT2D eigenvalue weighted by atomic mass is 19.1. The number of halogens is 1. The molecule has 2 aromatic rings. The molecule has 3 atom stereocenters. The van der Waals surface area contributed by atoms with Gasteiger partial charge in [-0.2, -0.15) is 0 Å². The van der Waals surface area contributed by atoms with Gasteiger partial charge in [0.25, 0.3) is 5.91 Å². The van der Waals surface area contributed by atoms with Gasteiger partial charge in [-0.3, -0.25) is 24.6 Å². The van der Waals surface area contributed by atoms with Crippen LogP contribution in [0.15, 0.2) is 42.5 Å². The zero-order valence-electron chi connectivity index (χ0n) is 20.1. The molecule has 2 aromatic carbocycles. The van der Waals surface area contributed by atoms with Crippen LogP contribution in [0.4, 0.5) is 4.39 Å². The number of fused-ring (bicyclic) bond motifs is 1. The number of rotatable bonds is 5. The number of piperidine rings is 1. The Kier molecular flexibility index (Phi) is 5.99. The van der Waals surface area contributed by atoms with Crippen molar-refractivity contribution in [2.45, 2.75) is 69.2 Å². The van der Waals surface area contributed by atoms with Crippen LogP contribution >= 0.6 is 0 Å². The Hall–Kier alpha value is -3.26. The van der Waals surface area contributed by atoms with Gasteiger partial charge in [0.15, 0.2) is 11.6 Å². The number of nitrogens with one attached hydrogen (secondary N) is 1. The third kappa shape index (κ3) is 4.17. The minimum Gasteiger partial charge on any atom is -0.486 e. The molecule has 8 heteroatoms. The highest BCUT2D eigenvalue weighted by Crippen LogP contribution is 2.37. The summed E-state index contributed by atoms with van der Waals surface area (Å²) in [5.41, 5.74) is 2.27. The van der Waals surface area contributed by atoms with Gasteiger partial charge in [0.1, 0.15) is 12.1 Å². The maximum atomic E-state index is 15.1. The summed E-state index contributed by atoms with van der Waals surface area (Å²) in [7, 11) is 0. The number of hydrogen-bond acceptors (Lipinski definition) is 5. The van der Waals surface area contributed by atoms with E-state index in [1.165, 1.54) is 16.5 Å². The summed E-state index contributed by atoms with van der Waals surface area (Å²) in [5.74, 6) is -1.05. The second kappa shape index (κ2) is 9.32. The van der Waals surface area contributed by atoms with Crippen molar-refractivity contribution >= 4 is 17.7 Å². The molecule has 4 aliphatic rings. The van der Waals surface area contributed by atoms with Crippen LogP contribution in [0.5, 0.6) is 5.75 Å². The van der Waals surface area contributed by atoms with E-state index in [9.17, 15) is 14.4 Å². The van der Waals surface area contributed by atoms with Crippen LogP contribution in [-0.2, 0) is 16.1 Å². The smallest absolute Gasteiger partial charge is 0.255 e. The molecular weight excluding hydrogens is 461 g/mol. The molecule has 1 aliphatic carbocycles. The number of carbonyl (C=O) groups is 3. The molecule has 0 bridgehead atoms. The van der Waals surface area contributed by atoms with E-state index in [-0.39, 0.29) is 54.7 Å². The molecule has 6 rings (SSSR count). The van der Waals surface area contributed by atoms with Gasteiger partial charge in [0, 0.05) is 43.6 Å². The summed E-state index contributed by atoms with van der Waals surface area (Å²) in [4.78, 5) is 40.7. The monoisotopic (exact) mass is 491 g/mol. The van der Waals surface area contributed by atoms with Crippen molar-refractivity contribution in [1.82, 2.24) is 15.1 Å². The molecule has 36 heavy (non-hydrogen) atoms. The molecule has 3 amide bonds. The molecule has 3 aliphatic heterocycles. The van der Waals surface area contributed by atoms with Crippen LogP contribution in [0.1, 0.15) is 65.9 Å². The summed E-state index contributed by atoms with van der Waals surface area (Å²) in [6.45, 7) is 2.17. The highest BCUT2D eigenvalue weighted by molar-refractivity contribution is 6.05. The molecule has 3 fully saturated rings. The number of benzene rings is 2. The molecule has 0 spiro atoms. The van der Waals surface area contributed by atoms with E-state index in [4.69, 9.17) is 4.74 Å². The van der Waals surface area contributed by atoms with Crippen LogP contribution in [0.3, 0.4) is 0 Å². The first-order valence-electron chi connectivity index (χ1n) is 12.9. The molecular formula is C28H30FN3O4. The zero-order valence-corrected chi connectivity index (χ0v) is 20.1. The Morgan fingerprint density at radius 2 is 1.75 bits per heavy atom. The van der Waals surface area contributed by atoms with E-state index in [0.717, 1.165) is 38.8 Å². The van der Waals surface area contributed by atoms with Crippen molar-refractivity contribution in [3.8, 4) is 5.75 Å². The van der Waals surface area contributed by atoms with Crippen LogP contribution in [0.2, 0.25) is 0 Å². The second-order valence-electron chi connectivity index (χ2n) is 10.4. The topological polar surface area (TPSA) is 79.0 Å². The maximum absolute atomic E-state index is 15.1. The number of ether oxygens (including phenoxy) is 1. The Balaban J connectivity index is 1.15. The molecule has 3 heterocycles. The zero-order chi connectivity index (χ0) is 24.8. The highest BCUT2D eigenvalue weighted by Gasteiger charge is 2.41. The third-order valence-electron chi connectivity index (χ3n) is 8.17. The quantitative estimate of drug-likeness (QED) is 0.649. The van der Waals surface area contributed by atoms with Crippen molar-refractivity contribution in [2.24, 2.45) is 0 Å². The van der Waals surface area contributed by atoms with E-state index >= 15 is 4.39 Å². The van der Waals surface area contributed by atoms with Crippen LogP contribution in [0, 0.1) is 5.82 Å². The van der Waals surface area contributed by atoms with Gasteiger partial charge in [-0.25, -0.2) is 4.39 Å². The van der Waals surface area contributed by atoms with Crippen molar-refractivity contribution in [3.63, 3.8) is 0 Å². The minimum absolute atomic E-state index is 0.105. The number of nitrogens with zero attached hydrogens (tertiary/aromatic N) is 2. The fourth-order valence-electron chi connectivity index (χ4n) is 6.17. The first-order chi connectivity index (χ1) is 17.5. The standard InChI is InChI=1S/C28H30FN3O4/c29-21-13-20-18(16-32(28(20)35)23-10-11-26(33)30-27(23)34)12-25(21)36-24-9-5-4-8-22(24)31-14-19(15-31)17-6-2-1-3-7-17/h1-3,6-7,12-13,19,22-24H,4-5,8-11,14-16H2,(H,30,33,34)/t22-,23+,24-/m1/s1. The number of imide groups is 1. The Morgan fingerprint density at radius 1 is 0.972 bits per heavy atom. The fraction of sp³-hybridized carbons (Fsp3) is 0.464. The summed E-state index contributed by atoms with van der Waals surface area (Å²) < 4.78 is 21.4. The number of likely N-dealkylation sites (tertiary alicyclic amines) is 1. The van der Waals surface area contributed by atoms with Gasteiger partial charge in [-0.1, -0.05) is 36.8 Å².